The van der Waals surface area contributed by atoms with Gasteiger partial charge in [-0.3, -0.25) is 9.36 Å². The fraction of sp³-hybridized carbons (Fsp3) is 0.182. The Labute approximate surface area is 270 Å². The lowest BCUT2D eigenvalue weighted by Crippen LogP contribution is -2.31. The van der Waals surface area contributed by atoms with Crippen molar-refractivity contribution in [2.45, 2.75) is 6.61 Å². The molecule has 0 spiro atoms. The van der Waals surface area contributed by atoms with Crippen molar-refractivity contribution >= 4 is 34.8 Å². The number of rotatable bonds is 10. The van der Waals surface area contributed by atoms with Crippen LogP contribution in [0.25, 0.3) is 27.6 Å². The first-order chi connectivity index (χ1) is 21.8. The number of pyridine rings is 2. The number of hydrogen-bond acceptors (Lipinski definition) is 10. The summed E-state index contributed by atoms with van der Waals surface area (Å²) in [5.41, 5.74) is 7.27. The molecule has 3 aromatic carbocycles. The van der Waals surface area contributed by atoms with Gasteiger partial charge in [0.05, 0.1) is 40.9 Å². The van der Waals surface area contributed by atoms with Crippen molar-refractivity contribution in [2.24, 2.45) is 0 Å². The number of anilines is 1. The van der Waals surface area contributed by atoms with Gasteiger partial charge in [0.2, 0.25) is 11.4 Å². The number of carbonyl (C=O) groups excluding carboxylic acids is 1. The van der Waals surface area contributed by atoms with E-state index in [2.05, 4.69) is 0 Å². The van der Waals surface area contributed by atoms with Crippen LogP contribution in [-0.4, -0.2) is 46.1 Å². The number of halogens is 1. The molecule has 2 N–H and O–H groups in total. The molecule has 13 heteroatoms. The lowest BCUT2D eigenvalue weighted by Gasteiger charge is -2.21. The minimum absolute atomic E-state index is 0. The zero-order valence-electron chi connectivity index (χ0n) is 25.7. The van der Waals surface area contributed by atoms with E-state index in [-0.39, 0.29) is 41.6 Å². The van der Waals surface area contributed by atoms with Gasteiger partial charge >= 0.3 is 5.97 Å². The number of fused-ring (bicyclic) bond motifs is 1. The molecule has 0 saturated heterocycles. The van der Waals surface area contributed by atoms with Crippen molar-refractivity contribution in [2.75, 3.05) is 41.3 Å². The van der Waals surface area contributed by atoms with Crippen molar-refractivity contribution in [3.8, 4) is 45.6 Å². The molecule has 0 amide bonds. The molecule has 0 bridgehead atoms. The molecule has 5 rings (SSSR count). The largest absolute Gasteiger partial charge is 0.618 e. The summed E-state index contributed by atoms with van der Waals surface area (Å²) in [4.78, 5) is 28.0. The number of hydrogen-bond donors (Lipinski definition) is 1. The van der Waals surface area contributed by atoms with Crippen LogP contribution in [0, 0.1) is 5.21 Å². The maximum Gasteiger partial charge on any atom is 0.355 e. The summed E-state index contributed by atoms with van der Waals surface area (Å²) in [5, 5.41) is 12.8. The zero-order valence-corrected chi connectivity index (χ0v) is 26.5. The number of benzene rings is 3. The first-order valence-electron chi connectivity index (χ1n) is 13.6. The monoisotopic (exact) mass is 649 g/mol. The Balaban J connectivity index is 0.00000480. The Morgan fingerprint density at radius 2 is 1.46 bits per heavy atom. The van der Waals surface area contributed by atoms with E-state index in [1.807, 2.05) is 0 Å². The third-order valence-electron chi connectivity index (χ3n) is 7.23. The van der Waals surface area contributed by atoms with Crippen molar-refractivity contribution < 1.29 is 37.9 Å². The number of carbonyl (C=O) groups is 1. The minimum atomic E-state index is -0.780. The summed E-state index contributed by atoms with van der Waals surface area (Å²) in [6.45, 7) is -0.0989. The van der Waals surface area contributed by atoms with Gasteiger partial charge in [-0.2, -0.15) is 4.73 Å². The fourth-order valence-corrected chi connectivity index (χ4v) is 5.08. The Hall–Kier alpha value is -5.62. The highest BCUT2D eigenvalue weighted by atomic mass is 35.5. The van der Waals surface area contributed by atoms with Crippen LogP contribution in [-0.2, 0) is 11.3 Å². The molecule has 0 saturated carbocycles. The summed E-state index contributed by atoms with van der Waals surface area (Å²) in [5.74, 6) is 0.659. The van der Waals surface area contributed by atoms with E-state index < -0.39 is 11.5 Å². The number of ether oxygens (including phenoxy) is 6. The smallest absolute Gasteiger partial charge is 0.355 e. The van der Waals surface area contributed by atoms with Crippen molar-refractivity contribution in [3.05, 3.63) is 99.9 Å². The second kappa shape index (κ2) is 14.0. The maximum absolute atomic E-state index is 14.4. The topological polar surface area (TPSA) is 147 Å². The Morgan fingerprint density at radius 3 is 2.02 bits per heavy atom. The number of methoxy groups -OCH3 is 5. The second-order valence-corrected chi connectivity index (χ2v) is 9.72. The standard InChI is InChI=1S/C33H31N3O9.ClH/c1-40-25-16-23-24(17-26(25)45-18-22-8-6-7-13-35(22)39)32(37)36(21-11-9-20(34)10-12-21)30(33(38)44-5)29(23)19-14-27(41-2)31(43-4)28(15-19)42-3;/h6-17H,18,34H2,1-5H3;1H. The van der Waals surface area contributed by atoms with E-state index in [1.54, 1.807) is 60.7 Å². The number of aromatic nitrogens is 2. The fourth-order valence-electron chi connectivity index (χ4n) is 5.08. The summed E-state index contributed by atoms with van der Waals surface area (Å²) in [7, 11) is 7.10. The summed E-state index contributed by atoms with van der Waals surface area (Å²) in [6, 6.07) is 17.9. The molecule has 2 heterocycles. The van der Waals surface area contributed by atoms with Crippen molar-refractivity contribution in [1.29, 1.82) is 0 Å². The van der Waals surface area contributed by atoms with Gasteiger partial charge in [-0.15, -0.1) is 12.4 Å². The van der Waals surface area contributed by atoms with E-state index in [9.17, 15) is 14.8 Å². The van der Waals surface area contributed by atoms with E-state index in [0.29, 0.717) is 55.6 Å². The van der Waals surface area contributed by atoms with Gasteiger partial charge in [0.25, 0.3) is 5.56 Å². The Morgan fingerprint density at radius 1 is 0.826 bits per heavy atom. The summed E-state index contributed by atoms with van der Waals surface area (Å²) >= 11 is 0. The second-order valence-electron chi connectivity index (χ2n) is 9.72. The predicted molar refractivity (Wildman–Crippen MR) is 174 cm³/mol. The van der Waals surface area contributed by atoms with Crippen molar-refractivity contribution in [1.82, 2.24) is 4.57 Å². The third kappa shape index (κ3) is 6.02. The molecule has 0 radical (unpaired) electrons. The third-order valence-corrected chi connectivity index (χ3v) is 7.23. The Kier molecular flexibility index (Phi) is 10.1. The van der Waals surface area contributed by atoms with E-state index in [4.69, 9.17) is 34.2 Å². The van der Waals surface area contributed by atoms with Crippen LogP contribution in [0.5, 0.6) is 28.7 Å². The van der Waals surface area contributed by atoms with Crippen LogP contribution in [0.2, 0.25) is 0 Å². The highest BCUT2D eigenvalue weighted by Gasteiger charge is 2.28. The lowest BCUT2D eigenvalue weighted by atomic mass is 9.95. The van der Waals surface area contributed by atoms with E-state index in [0.717, 1.165) is 0 Å². The molecular weight excluding hydrogens is 618 g/mol. The van der Waals surface area contributed by atoms with Crippen LogP contribution in [0.1, 0.15) is 16.2 Å². The molecule has 46 heavy (non-hydrogen) atoms. The van der Waals surface area contributed by atoms with E-state index >= 15 is 0 Å². The molecule has 240 valence electrons. The molecule has 0 aliphatic rings. The lowest BCUT2D eigenvalue weighted by molar-refractivity contribution is -0.616. The molecule has 12 nitrogen and oxygen atoms in total. The van der Waals surface area contributed by atoms with Crippen LogP contribution in [0.15, 0.2) is 77.7 Å². The van der Waals surface area contributed by atoms with Gasteiger partial charge in [0, 0.05) is 34.5 Å². The van der Waals surface area contributed by atoms with Crippen LogP contribution in [0.3, 0.4) is 0 Å². The zero-order chi connectivity index (χ0) is 32.2. The van der Waals surface area contributed by atoms with Gasteiger partial charge in [-0.1, -0.05) is 0 Å². The highest BCUT2D eigenvalue weighted by Crippen LogP contribution is 2.45. The Bertz CT molecular complexity index is 1940. The summed E-state index contributed by atoms with van der Waals surface area (Å²) in [6.07, 6.45) is 1.36. The first-order valence-corrected chi connectivity index (χ1v) is 13.6. The van der Waals surface area contributed by atoms with Crippen LogP contribution < -0.4 is 39.7 Å². The quantitative estimate of drug-likeness (QED) is 0.0977. The molecule has 0 unspecified atom stereocenters. The van der Waals surface area contributed by atoms with Crippen LogP contribution in [0.4, 0.5) is 5.69 Å². The van der Waals surface area contributed by atoms with E-state index in [1.165, 1.54) is 52.4 Å². The number of esters is 1. The molecule has 0 fully saturated rings. The number of nitrogens with zero attached hydrogens (tertiary/aromatic N) is 2. The van der Waals surface area contributed by atoms with Gasteiger partial charge in [0.15, 0.2) is 35.8 Å². The average molecular weight is 650 g/mol. The minimum Gasteiger partial charge on any atom is -0.618 e. The first kappa shape index (κ1) is 33.3. The SMILES string of the molecule is COC(=O)c1c(-c2cc(OC)c(OC)c(OC)c2)c2cc(OC)c(OCc3cccc[n+]3[O-])cc2c(=O)n1-c1ccc(N)cc1.Cl. The van der Waals surface area contributed by atoms with Gasteiger partial charge in [-0.05, 0) is 60.2 Å². The molecule has 0 aliphatic heterocycles. The normalized spacial score (nSPS) is 10.5. The highest BCUT2D eigenvalue weighted by molar-refractivity contribution is 6.08. The summed E-state index contributed by atoms with van der Waals surface area (Å²) < 4.78 is 35.6. The predicted octanol–water partition coefficient (Wildman–Crippen LogP) is 4.70. The average Bonchev–Trinajstić information content (AvgIpc) is 3.06. The van der Waals surface area contributed by atoms with Crippen LogP contribution >= 0.6 is 12.4 Å². The van der Waals surface area contributed by atoms with Gasteiger partial charge < -0.3 is 39.4 Å². The molecule has 0 atom stereocenters. The van der Waals surface area contributed by atoms with Gasteiger partial charge in [-0.25, -0.2) is 4.79 Å². The van der Waals surface area contributed by atoms with Crippen molar-refractivity contribution in [3.63, 3.8) is 0 Å². The number of nitrogens with two attached hydrogens (primary N) is 1. The molecule has 2 aromatic heterocycles. The van der Waals surface area contributed by atoms with Gasteiger partial charge in [0.1, 0.15) is 5.69 Å². The maximum atomic E-state index is 14.4. The molecular formula is C33H32ClN3O9. The number of nitrogen functional groups attached to an aromatic ring is 1. The molecule has 0 aliphatic carbocycles. The molecule has 5 aromatic rings.